The number of aromatic hydroxyl groups is 2. The number of aliphatic hydroxyl groups is 1. The largest absolute Gasteiger partial charge is 0.504 e. The summed E-state index contributed by atoms with van der Waals surface area (Å²) in [6, 6.07) is 7.94. The van der Waals surface area contributed by atoms with Gasteiger partial charge >= 0.3 is 5.97 Å². The van der Waals surface area contributed by atoms with Crippen LogP contribution in [0, 0.1) is 11.8 Å². The third kappa shape index (κ3) is 4.80. The summed E-state index contributed by atoms with van der Waals surface area (Å²) in [5, 5.41) is 31.3. The zero-order valence-corrected chi connectivity index (χ0v) is 18.0. The van der Waals surface area contributed by atoms with Gasteiger partial charge in [-0.25, -0.2) is 0 Å². The van der Waals surface area contributed by atoms with Crippen LogP contribution in [0.3, 0.4) is 0 Å². The molecule has 168 valence electrons. The van der Waals surface area contributed by atoms with Crippen molar-refractivity contribution in [1.82, 2.24) is 0 Å². The zero-order valence-electron chi connectivity index (χ0n) is 18.0. The molecule has 0 spiro atoms. The topological polar surface area (TPSA) is 115 Å². The molecule has 0 radical (unpaired) electrons. The van der Waals surface area contributed by atoms with Crippen LogP contribution in [0.15, 0.2) is 30.3 Å². The first kappa shape index (κ1) is 22.6. The Balaban J connectivity index is 1.84. The van der Waals surface area contributed by atoms with Crippen molar-refractivity contribution in [2.45, 2.75) is 32.5 Å². The van der Waals surface area contributed by atoms with Crippen LogP contribution < -0.4 is 14.2 Å². The van der Waals surface area contributed by atoms with Crippen molar-refractivity contribution in [3.05, 3.63) is 41.5 Å². The summed E-state index contributed by atoms with van der Waals surface area (Å²) in [5.41, 5.74) is 1.15. The average molecular weight is 432 g/mol. The molecule has 31 heavy (non-hydrogen) atoms. The number of rotatable bonds is 8. The molecular formula is C23H28O8. The van der Waals surface area contributed by atoms with E-state index in [1.165, 1.54) is 20.3 Å². The standard InChI is InChI=1S/C23H28O8/c1-12(2)31-18-6-5-14(10-17(18)24)21(25)16-11-30-23(27)15(16)7-13-8-19(28-3)22(26)20(9-13)29-4/h5-6,8-10,12,15-16,21,24-26H,7,11H2,1-4H3/t15-,16-,21+/m1/s1. The normalized spacial score (nSPS) is 19.2. The molecule has 0 saturated carbocycles. The summed E-state index contributed by atoms with van der Waals surface area (Å²) in [4.78, 5) is 12.4. The van der Waals surface area contributed by atoms with Crippen LogP contribution in [0.4, 0.5) is 0 Å². The summed E-state index contributed by atoms with van der Waals surface area (Å²) < 4.78 is 21.1. The molecule has 0 amide bonds. The Kier molecular flexibility index (Phi) is 6.80. The van der Waals surface area contributed by atoms with Crippen LogP contribution >= 0.6 is 0 Å². The van der Waals surface area contributed by atoms with Crippen LogP contribution in [0.2, 0.25) is 0 Å². The van der Waals surface area contributed by atoms with E-state index in [2.05, 4.69) is 0 Å². The van der Waals surface area contributed by atoms with Gasteiger partial charge in [-0.2, -0.15) is 0 Å². The van der Waals surface area contributed by atoms with Crippen molar-refractivity contribution < 1.29 is 39.1 Å². The Hall–Kier alpha value is -3.13. The quantitative estimate of drug-likeness (QED) is 0.546. The molecule has 2 aromatic rings. The SMILES string of the molecule is COc1cc(C[C@H]2C(=O)OC[C@H]2[C@@H](O)c2ccc(OC(C)C)c(O)c2)cc(OC)c1O. The van der Waals surface area contributed by atoms with Crippen LogP contribution in [0.1, 0.15) is 31.1 Å². The van der Waals surface area contributed by atoms with E-state index in [9.17, 15) is 20.1 Å². The number of carbonyl (C=O) groups is 1. The third-order valence-corrected chi connectivity index (χ3v) is 5.33. The van der Waals surface area contributed by atoms with Gasteiger partial charge in [0.2, 0.25) is 5.75 Å². The number of cyclic esters (lactones) is 1. The molecule has 8 heteroatoms. The molecule has 3 rings (SSSR count). The Morgan fingerprint density at radius 2 is 1.71 bits per heavy atom. The molecule has 1 heterocycles. The molecule has 1 fully saturated rings. The second-order valence-electron chi connectivity index (χ2n) is 7.79. The van der Waals surface area contributed by atoms with E-state index in [-0.39, 0.29) is 42.1 Å². The summed E-state index contributed by atoms with van der Waals surface area (Å²) >= 11 is 0. The van der Waals surface area contributed by atoms with E-state index in [4.69, 9.17) is 18.9 Å². The molecule has 1 aliphatic heterocycles. The highest BCUT2D eigenvalue weighted by atomic mass is 16.5. The lowest BCUT2D eigenvalue weighted by Gasteiger charge is -2.23. The number of carbonyl (C=O) groups excluding carboxylic acids is 1. The van der Waals surface area contributed by atoms with Gasteiger partial charge in [-0.05, 0) is 55.7 Å². The van der Waals surface area contributed by atoms with Gasteiger partial charge in [0.25, 0.3) is 0 Å². The lowest BCUT2D eigenvalue weighted by molar-refractivity contribution is -0.141. The summed E-state index contributed by atoms with van der Waals surface area (Å²) in [5.74, 6) is -0.994. The summed E-state index contributed by atoms with van der Waals surface area (Å²) in [6.45, 7) is 3.76. The minimum Gasteiger partial charge on any atom is -0.504 e. The Bertz CT molecular complexity index is 914. The zero-order chi connectivity index (χ0) is 22.7. The van der Waals surface area contributed by atoms with Crippen LogP contribution in [0.5, 0.6) is 28.7 Å². The predicted octanol–water partition coefficient (Wildman–Crippen LogP) is 2.97. The van der Waals surface area contributed by atoms with Gasteiger partial charge in [0.1, 0.15) is 0 Å². The second-order valence-corrected chi connectivity index (χ2v) is 7.79. The minimum atomic E-state index is -1.03. The third-order valence-electron chi connectivity index (χ3n) is 5.33. The van der Waals surface area contributed by atoms with E-state index in [1.807, 2.05) is 13.8 Å². The maximum atomic E-state index is 12.4. The number of esters is 1. The molecule has 2 aromatic carbocycles. The molecular weight excluding hydrogens is 404 g/mol. The number of phenols is 2. The van der Waals surface area contributed by atoms with Gasteiger partial charge in [0.05, 0.1) is 39.0 Å². The number of aliphatic hydroxyl groups excluding tert-OH is 1. The minimum absolute atomic E-state index is 0.0576. The number of phenolic OH excluding ortho intramolecular Hbond substituents is 2. The number of hydrogen-bond donors (Lipinski definition) is 3. The van der Waals surface area contributed by atoms with Crippen molar-refractivity contribution in [2.75, 3.05) is 20.8 Å². The fourth-order valence-corrected chi connectivity index (χ4v) is 3.76. The number of ether oxygens (including phenoxy) is 4. The van der Waals surface area contributed by atoms with E-state index < -0.39 is 23.9 Å². The lowest BCUT2D eigenvalue weighted by Crippen LogP contribution is -2.24. The monoisotopic (exact) mass is 432 g/mol. The highest BCUT2D eigenvalue weighted by molar-refractivity contribution is 5.75. The van der Waals surface area contributed by atoms with Crippen molar-refractivity contribution in [1.29, 1.82) is 0 Å². The van der Waals surface area contributed by atoms with Gasteiger partial charge in [-0.1, -0.05) is 6.07 Å². The van der Waals surface area contributed by atoms with E-state index in [0.717, 1.165) is 0 Å². The lowest BCUT2D eigenvalue weighted by atomic mass is 9.83. The summed E-state index contributed by atoms with van der Waals surface area (Å²) in [6.07, 6.45) is -0.879. The first-order valence-electron chi connectivity index (χ1n) is 10.0. The maximum Gasteiger partial charge on any atom is 0.309 e. The van der Waals surface area contributed by atoms with E-state index >= 15 is 0 Å². The van der Waals surface area contributed by atoms with Crippen molar-refractivity contribution in [3.63, 3.8) is 0 Å². The molecule has 0 aliphatic carbocycles. The molecule has 3 atom stereocenters. The van der Waals surface area contributed by atoms with Crippen LogP contribution in [-0.2, 0) is 16.0 Å². The maximum absolute atomic E-state index is 12.4. The summed E-state index contributed by atoms with van der Waals surface area (Å²) in [7, 11) is 2.85. The van der Waals surface area contributed by atoms with Gasteiger partial charge < -0.3 is 34.3 Å². The van der Waals surface area contributed by atoms with Crippen LogP contribution in [0.25, 0.3) is 0 Å². The highest BCUT2D eigenvalue weighted by Crippen LogP contribution is 2.41. The molecule has 3 N–H and O–H groups in total. The fraction of sp³-hybridized carbons (Fsp3) is 0.435. The van der Waals surface area contributed by atoms with Crippen molar-refractivity contribution in [2.24, 2.45) is 11.8 Å². The van der Waals surface area contributed by atoms with Crippen molar-refractivity contribution in [3.8, 4) is 28.7 Å². The first-order valence-corrected chi connectivity index (χ1v) is 10.0. The average Bonchev–Trinajstić information content (AvgIpc) is 3.09. The molecule has 8 nitrogen and oxygen atoms in total. The van der Waals surface area contributed by atoms with E-state index in [0.29, 0.717) is 16.9 Å². The Morgan fingerprint density at radius 1 is 1.06 bits per heavy atom. The number of hydrogen-bond acceptors (Lipinski definition) is 8. The van der Waals surface area contributed by atoms with Crippen LogP contribution in [-0.4, -0.2) is 48.2 Å². The molecule has 0 unspecified atom stereocenters. The fourth-order valence-electron chi connectivity index (χ4n) is 3.76. The smallest absolute Gasteiger partial charge is 0.309 e. The first-order chi connectivity index (χ1) is 14.7. The van der Waals surface area contributed by atoms with E-state index in [1.54, 1.807) is 24.3 Å². The Morgan fingerprint density at radius 3 is 2.26 bits per heavy atom. The van der Waals surface area contributed by atoms with Gasteiger partial charge in [-0.15, -0.1) is 0 Å². The van der Waals surface area contributed by atoms with Gasteiger partial charge in [0.15, 0.2) is 23.0 Å². The molecule has 1 aliphatic rings. The highest BCUT2D eigenvalue weighted by Gasteiger charge is 2.42. The Labute approximate surface area is 180 Å². The number of benzene rings is 2. The molecule has 1 saturated heterocycles. The predicted molar refractivity (Wildman–Crippen MR) is 112 cm³/mol. The second kappa shape index (κ2) is 9.34. The van der Waals surface area contributed by atoms with Gasteiger partial charge in [-0.3, -0.25) is 4.79 Å². The van der Waals surface area contributed by atoms with Crippen molar-refractivity contribution >= 4 is 5.97 Å². The number of methoxy groups -OCH3 is 2. The molecule has 0 bridgehead atoms. The molecule has 0 aromatic heterocycles. The van der Waals surface area contributed by atoms with Gasteiger partial charge in [0, 0.05) is 5.92 Å².